The molecule has 3 amide bonds. The average molecular weight is 240 g/mol. The zero-order chi connectivity index (χ0) is 12.7. The minimum absolute atomic E-state index is 0.224. The van der Waals surface area contributed by atoms with E-state index in [0.29, 0.717) is 6.07 Å². The Balaban J connectivity index is 2.47. The zero-order valence-electron chi connectivity index (χ0n) is 9.28. The molecular formula is C11H10F2N2O2. The molecule has 6 heteroatoms. The molecule has 1 aliphatic heterocycles. The lowest BCUT2D eigenvalue weighted by molar-refractivity contribution is -0.119. The second-order valence-corrected chi connectivity index (χ2v) is 3.84. The number of carbonyl (C=O) groups is 2. The average Bonchev–Trinajstić information content (AvgIpc) is 2.45. The number of hydrogen-bond donors (Lipinski definition) is 0. The molecule has 2 rings (SSSR count). The quantitative estimate of drug-likeness (QED) is 0.702. The molecule has 1 aliphatic rings. The van der Waals surface area contributed by atoms with Crippen molar-refractivity contribution in [3.8, 4) is 0 Å². The lowest BCUT2D eigenvalue weighted by Gasteiger charge is -2.14. The molecule has 1 unspecified atom stereocenters. The van der Waals surface area contributed by atoms with Crippen LogP contribution in [0.3, 0.4) is 0 Å². The number of likely N-dealkylation sites (N-methyl/N-ethyl adjacent to an activating group) is 1. The van der Waals surface area contributed by atoms with Crippen molar-refractivity contribution in [3.05, 3.63) is 29.8 Å². The third-order valence-electron chi connectivity index (χ3n) is 2.80. The molecule has 1 saturated heterocycles. The van der Waals surface area contributed by atoms with Gasteiger partial charge in [-0.3, -0.25) is 4.79 Å². The summed E-state index contributed by atoms with van der Waals surface area (Å²) in [6.45, 7) is 1.54. The second kappa shape index (κ2) is 3.80. The molecule has 90 valence electrons. The standard InChI is InChI=1S/C11H10F2N2O2/c1-6-10(16)15(11(17)14(6)2)9-4-3-7(12)5-8(9)13/h3-6H,1-2H3. The zero-order valence-corrected chi connectivity index (χ0v) is 9.28. The van der Waals surface area contributed by atoms with E-state index in [9.17, 15) is 18.4 Å². The van der Waals surface area contributed by atoms with E-state index < -0.39 is 29.6 Å². The van der Waals surface area contributed by atoms with E-state index in [4.69, 9.17) is 0 Å². The summed E-state index contributed by atoms with van der Waals surface area (Å²) in [5.41, 5.74) is -0.224. The molecule has 1 aromatic carbocycles. The summed E-state index contributed by atoms with van der Waals surface area (Å²) >= 11 is 0. The molecule has 1 fully saturated rings. The highest BCUT2D eigenvalue weighted by Gasteiger charge is 2.42. The summed E-state index contributed by atoms with van der Waals surface area (Å²) in [5, 5.41) is 0. The van der Waals surface area contributed by atoms with Gasteiger partial charge in [-0.15, -0.1) is 0 Å². The van der Waals surface area contributed by atoms with Gasteiger partial charge in [0.15, 0.2) is 0 Å². The molecular weight excluding hydrogens is 230 g/mol. The molecule has 0 N–H and O–H groups in total. The minimum atomic E-state index is -0.936. The highest BCUT2D eigenvalue weighted by Crippen LogP contribution is 2.26. The lowest BCUT2D eigenvalue weighted by atomic mass is 10.2. The summed E-state index contributed by atoms with van der Waals surface area (Å²) in [6.07, 6.45) is 0. The van der Waals surface area contributed by atoms with Crippen LogP contribution in [-0.2, 0) is 4.79 Å². The molecule has 0 aromatic heterocycles. The molecule has 17 heavy (non-hydrogen) atoms. The van der Waals surface area contributed by atoms with Crippen LogP contribution < -0.4 is 4.90 Å². The smallest absolute Gasteiger partial charge is 0.315 e. The third-order valence-corrected chi connectivity index (χ3v) is 2.80. The van der Waals surface area contributed by atoms with Crippen LogP contribution in [0.5, 0.6) is 0 Å². The minimum Gasteiger partial charge on any atom is -0.315 e. The molecule has 4 nitrogen and oxygen atoms in total. The van der Waals surface area contributed by atoms with Gasteiger partial charge in [0.1, 0.15) is 17.7 Å². The van der Waals surface area contributed by atoms with Crippen LogP contribution in [0.15, 0.2) is 18.2 Å². The molecule has 0 saturated carbocycles. The number of amides is 3. The van der Waals surface area contributed by atoms with Gasteiger partial charge in [0.25, 0.3) is 5.91 Å². The van der Waals surface area contributed by atoms with Crippen LogP contribution in [-0.4, -0.2) is 29.9 Å². The van der Waals surface area contributed by atoms with Gasteiger partial charge in [-0.25, -0.2) is 18.5 Å². The SMILES string of the molecule is CC1C(=O)N(c2ccc(F)cc2F)C(=O)N1C. The maximum atomic E-state index is 13.5. The van der Waals surface area contributed by atoms with Gasteiger partial charge in [0.2, 0.25) is 0 Å². The van der Waals surface area contributed by atoms with Crippen LogP contribution in [0.1, 0.15) is 6.92 Å². The number of carbonyl (C=O) groups excluding carboxylic acids is 2. The fourth-order valence-electron chi connectivity index (χ4n) is 1.65. The van der Waals surface area contributed by atoms with Crippen molar-refractivity contribution in [2.24, 2.45) is 0 Å². The van der Waals surface area contributed by atoms with Crippen LogP contribution in [0.4, 0.5) is 19.3 Å². The summed E-state index contributed by atoms with van der Waals surface area (Å²) in [7, 11) is 1.45. The van der Waals surface area contributed by atoms with Gasteiger partial charge in [-0.2, -0.15) is 0 Å². The first kappa shape index (κ1) is 11.5. The largest absolute Gasteiger partial charge is 0.331 e. The van der Waals surface area contributed by atoms with E-state index in [-0.39, 0.29) is 5.69 Å². The van der Waals surface area contributed by atoms with Crippen molar-refractivity contribution in [2.75, 3.05) is 11.9 Å². The highest BCUT2D eigenvalue weighted by atomic mass is 19.1. The molecule has 0 spiro atoms. The van der Waals surface area contributed by atoms with Crippen molar-refractivity contribution in [1.29, 1.82) is 0 Å². The van der Waals surface area contributed by atoms with E-state index in [1.54, 1.807) is 6.92 Å². The van der Waals surface area contributed by atoms with Gasteiger partial charge in [-0.1, -0.05) is 0 Å². The summed E-state index contributed by atoms with van der Waals surface area (Å²) in [4.78, 5) is 25.4. The number of urea groups is 1. The molecule has 0 aliphatic carbocycles. The summed E-state index contributed by atoms with van der Waals surface area (Å²) in [5.74, 6) is -2.22. The van der Waals surface area contributed by atoms with E-state index >= 15 is 0 Å². The second-order valence-electron chi connectivity index (χ2n) is 3.84. The predicted molar refractivity (Wildman–Crippen MR) is 56.5 cm³/mol. The van der Waals surface area contributed by atoms with Gasteiger partial charge in [0.05, 0.1) is 5.69 Å². The Kier molecular flexibility index (Phi) is 2.57. The first-order chi connectivity index (χ1) is 7.93. The van der Waals surface area contributed by atoms with Crippen molar-refractivity contribution >= 4 is 17.6 Å². The Morgan fingerprint density at radius 2 is 1.88 bits per heavy atom. The lowest BCUT2D eigenvalue weighted by Crippen LogP contribution is -2.32. The predicted octanol–water partition coefficient (Wildman–Crippen LogP) is 1.75. The van der Waals surface area contributed by atoms with Crippen molar-refractivity contribution in [2.45, 2.75) is 13.0 Å². The van der Waals surface area contributed by atoms with E-state index in [1.807, 2.05) is 0 Å². The summed E-state index contributed by atoms with van der Waals surface area (Å²) < 4.78 is 26.2. The first-order valence-corrected chi connectivity index (χ1v) is 4.99. The monoisotopic (exact) mass is 240 g/mol. The molecule has 1 aromatic rings. The van der Waals surface area contributed by atoms with Crippen LogP contribution in [0, 0.1) is 11.6 Å². The molecule has 1 atom stereocenters. The summed E-state index contributed by atoms with van der Waals surface area (Å²) in [6, 6.07) is 1.45. The Morgan fingerprint density at radius 3 is 2.35 bits per heavy atom. The van der Waals surface area contributed by atoms with E-state index in [0.717, 1.165) is 17.0 Å². The Morgan fingerprint density at radius 1 is 1.24 bits per heavy atom. The Labute approximate surface area is 96.4 Å². The maximum Gasteiger partial charge on any atom is 0.331 e. The topological polar surface area (TPSA) is 40.6 Å². The third kappa shape index (κ3) is 1.65. The Hall–Kier alpha value is -1.98. The molecule has 1 heterocycles. The van der Waals surface area contributed by atoms with E-state index in [1.165, 1.54) is 11.9 Å². The molecule has 0 bridgehead atoms. The number of nitrogens with zero attached hydrogens (tertiary/aromatic N) is 2. The van der Waals surface area contributed by atoms with Gasteiger partial charge in [0, 0.05) is 13.1 Å². The fraction of sp³-hybridized carbons (Fsp3) is 0.273. The number of imide groups is 1. The normalized spacial score (nSPS) is 20.4. The van der Waals surface area contributed by atoms with Gasteiger partial charge < -0.3 is 4.90 Å². The van der Waals surface area contributed by atoms with Gasteiger partial charge in [-0.05, 0) is 19.1 Å². The first-order valence-electron chi connectivity index (χ1n) is 4.99. The maximum absolute atomic E-state index is 13.5. The van der Waals surface area contributed by atoms with Crippen LogP contribution in [0.2, 0.25) is 0 Å². The fourth-order valence-corrected chi connectivity index (χ4v) is 1.65. The van der Waals surface area contributed by atoms with Crippen molar-refractivity contribution < 1.29 is 18.4 Å². The van der Waals surface area contributed by atoms with Crippen molar-refractivity contribution in [3.63, 3.8) is 0 Å². The molecule has 0 radical (unpaired) electrons. The van der Waals surface area contributed by atoms with E-state index in [2.05, 4.69) is 0 Å². The van der Waals surface area contributed by atoms with Crippen molar-refractivity contribution in [1.82, 2.24) is 4.90 Å². The number of halogens is 2. The van der Waals surface area contributed by atoms with Gasteiger partial charge >= 0.3 is 6.03 Å². The number of anilines is 1. The number of hydrogen-bond acceptors (Lipinski definition) is 2. The van der Waals surface area contributed by atoms with Crippen LogP contribution >= 0.6 is 0 Å². The number of benzene rings is 1. The van der Waals surface area contributed by atoms with Crippen LogP contribution in [0.25, 0.3) is 0 Å². The highest BCUT2D eigenvalue weighted by molar-refractivity contribution is 6.21. The number of rotatable bonds is 1. The Bertz CT molecular complexity index is 484.